The number of hydrogen-bond donors (Lipinski definition) is 1. The second-order valence-electron chi connectivity index (χ2n) is 5.76. The van der Waals surface area contributed by atoms with E-state index in [1.807, 2.05) is 0 Å². The van der Waals surface area contributed by atoms with Gasteiger partial charge in [0.05, 0.1) is 6.10 Å². The Kier molecular flexibility index (Phi) is 5.41. The summed E-state index contributed by atoms with van der Waals surface area (Å²) in [5.74, 6) is 0.815. The lowest BCUT2D eigenvalue weighted by Crippen LogP contribution is -2.19. The van der Waals surface area contributed by atoms with Crippen molar-refractivity contribution in [1.29, 1.82) is 0 Å². The van der Waals surface area contributed by atoms with E-state index in [-0.39, 0.29) is 0 Å². The molecule has 1 aromatic carbocycles. The molecular weight excluding hydrogens is 234 g/mol. The van der Waals surface area contributed by atoms with Crippen LogP contribution in [0.3, 0.4) is 0 Å². The molecule has 0 heterocycles. The first-order valence-electron chi connectivity index (χ1n) is 7.54. The average molecular weight is 261 g/mol. The summed E-state index contributed by atoms with van der Waals surface area (Å²) < 4.78 is 5.34. The number of hydrogen-bond acceptors (Lipinski definition) is 2. The van der Waals surface area contributed by atoms with E-state index >= 15 is 0 Å². The highest BCUT2D eigenvalue weighted by Gasteiger charge is 2.20. The van der Waals surface area contributed by atoms with Crippen molar-refractivity contribution in [3.8, 4) is 0 Å². The standard InChI is InChI=1S/C17H27NO/c1-13(19-3)10-11-17(18-2)16-9-5-8-15(12-16)14-6-4-7-14/h5,8-9,12-14,17-18H,4,6-7,10-11H2,1-3H3. The third kappa shape index (κ3) is 3.80. The van der Waals surface area contributed by atoms with Crippen LogP contribution in [0.25, 0.3) is 0 Å². The second kappa shape index (κ2) is 7.06. The van der Waals surface area contributed by atoms with Crippen molar-refractivity contribution in [1.82, 2.24) is 5.32 Å². The van der Waals surface area contributed by atoms with Gasteiger partial charge < -0.3 is 10.1 Å². The second-order valence-corrected chi connectivity index (χ2v) is 5.76. The van der Waals surface area contributed by atoms with Gasteiger partial charge in [0.1, 0.15) is 0 Å². The number of methoxy groups -OCH3 is 1. The van der Waals surface area contributed by atoms with Crippen molar-refractivity contribution in [3.05, 3.63) is 35.4 Å². The fraction of sp³-hybridized carbons (Fsp3) is 0.647. The Bertz CT molecular complexity index is 387. The number of benzene rings is 1. The summed E-state index contributed by atoms with van der Waals surface area (Å²) >= 11 is 0. The largest absolute Gasteiger partial charge is 0.382 e. The first-order chi connectivity index (χ1) is 9.24. The molecule has 0 amide bonds. The Balaban J connectivity index is 2.00. The summed E-state index contributed by atoms with van der Waals surface area (Å²) in [4.78, 5) is 0. The van der Waals surface area contributed by atoms with Gasteiger partial charge in [0.2, 0.25) is 0 Å². The molecular formula is C17H27NO. The van der Waals surface area contributed by atoms with Crippen LogP contribution in [0.1, 0.15) is 62.1 Å². The zero-order valence-electron chi connectivity index (χ0n) is 12.5. The van der Waals surface area contributed by atoms with E-state index in [2.05, 4.69) is 43.6 Å². The quantitative estimate of drug-likeness (QED) is 0.800. The van der Waals surface area contributed by atoms with Gasteiger partial charge in [0.15, 0.2) is 0 Å². The number of rotatable bonds is 7. The average Bonchev–Trinajstić information content (AvgIpc) is 2.37. The summed E-state index contributed by atoms with van der Waals surface area (Å²) in [7, 11) is 3.84. The Labute approximate surface area is 117 Å². The molecule has 2 heteroatoms. The van der Waals surface area contributed by atoms with Gasteiger partial charge >= 0.3 is 0 Å². The van der Waals surface area contributed by atoms with Crippen LogP contribution in [0, 0.1) is 0 Å². The lowest BCUT2D eigenvalue weighted by Gasteiger charge is -2.27. The maximum atomic E-state index is 5.34. The molecule has 0 radical (unpaired) electrons. The SMILES string of the molecule is CNC(CCC(C)OC)c1cccc(C2CCC2)c1. The summed E-state index contributed by atoms with van der Waals surface area (Å²) in [6.45, 7) is 2.14. The topological polar surface area (TPSA) is 21.3 Å². The third-order valence-electron chi connectivity index (χ3n) is 4.50. The molecule has 1 saturated carbocycles. The fourth-order valence-corrected chi connectivity index (χ4v) is 2.77. The summed E-state index contributed by atoms with van der Waals surface area (Å²) in [6, 6.07) is 9.60. The minimum absolute atomic E-state index is 0.339. The Morgan fingerprint density at radius 2 is 2.11 bits per heavy atom. The normalized spacial score (nSPS) is 18.9. The van der Waals surface area contributed by atoms with E-state index in [0.29, 0.717) is 12.1 Å². The van der Waals surface area contributed by atoms with Crippen molar-refractivity contribution < 1.29 is 4.74 Å². The molecule has 1 aromatic rings. The zero-order valence-corrected chi connectivity index (χ0v) is 12.5. The van der Waals surface area contributed by atoms with Crippen LogP contribution >= 0.6 is 0 Å². The maximum absolute atomic E-state index is 5.34. The highest BCUT2D eigenvalue weighted by Crippen LogP contribution is 2.37. The van der Waals surface area contributed by atoms with Crippen LogP contribution in [0.5, 0.6) is 0 Å². The van der Waals surface area contributed by atoms with Crippen molar-refractivity contribution in [2.24, 2.45) is 0 Å². The van der Waals surface area contributed by atoms with Gasteiger partial charge in [-0.15, -0.1) is 0 Å². The van der Waals surface area contributed by atoms with Crippen LogP contribution in [-0.2, 0) is 4.74 Å². The van der Waals surface area contributed by atoms with Crippen molar-refractivity contribution in [2.75, 3.05) is 14.2 Å². The molecule has 0 saturated heterocycles. The third-order valence-corrected chi connectivity index (χ3v) is 4.50. The molecule has 0 aromatic heterocycles. The van der Waals surface area contributed by atoms with Crippen molar-refractivity contribution in [3.63, 3.8) is 0 Å². The predicted octanol–water partition coefficient (Wildman–Crippen LogP) is 4.03. The van der Waals surface area contributed by atoms with Crippen LogP contribution in [-0.4, -0.2) is 20.3 Å². The predicted molar refractivity (Wildman–Crippen MR) is 80.5 cm³/mol. The summed E-state index contributed by atoms with van der Waals surface area (Å²) in [5.41, 5.74) is 2.96. The van der Waals surface area contributed by atoms with Gasteiger partial charge in [-0.05, 0) is 56.7 Å². The van der Waals surface area contributed by atoms with Crippen LogP contribution in [0.4, 0.5) is 0 Å². The first kappa shape index (κ1) is 14.5. The lowest BCUT2D eigenvalue weighted by atomic mass is 9.79. The molecule has 0 spiro atoms. The van der Waals surface area contributed by atoms with Gasteiger partial charge in [-0.3, -0.25) is 0 Å². The van der Waals surface area contributed by atoms with Crippen LogP contribution in [0.15, 0.2) is 24.3 Å². The van der Waals surface area contributed by atoms with E-state index in [1.165, 1.54) is 30.4 Å². The fourth-order valence-electron chi connectivity index (χ4n) is 2.77. The Morgan fingerprint density at radius 3 is 2.68 bits per heavy atom. The summed E-state index contributed by atoms with van der Waals surface area (Å²) in [6.07, 6.45) is 6.69. The minimum Gasteiger partial charge on any atom is -0.382 e. The highest BCUT2D eigenvalue weighted by molar-refractivity contribution is 5.29. The van der Waals surface area contributed by atoms with E-state index in [0.717, 1.165) is 18.8 Å². The molecule has 2 nitrogen and oxygen atoms in total. The Morgan fingerprint density at radius 1 is 1.32 bits per heavy atom. The van der Waals surface area contributed by atoms with Gasteiger partial charge in [-0.2, -0.15) is 0 Å². The van der Waals surface area contributed by atoms with Crippen molar-refractivity contribution in [2.45, 2.75) is 57.1 Å². The van der Waals surface area contributed by atoms with E-state index < -0.39 is 0 Å². The van der Waals surface area contributed by atoms with Gasteiger partial charge in [-0.1, -0.05) is 30.7 Å². The van der Waals surface area contributed by atoms with Gasteiger partial charge in [0.25, 0.3) is 0 Å². The Hall–Kier alpha value is -0.860. The van der Waals surface area contributed by atoms with E-state index in [4.69, 9.17) is 4.74 Å². The highest BCUT2D eigenvalue weighted by atomic mass is 16.5. The molecule has 0 aliphatic heterocycles. The molecule has 1 fully saturated rings. The number of ether oxygens (including phenoxy) is 1. The molecule has 0 bridgehead atoms. The lowest BCUT2D eigenvalue weighted by molar-refractivity contribution is 0.106. The molecule has 2 unspecified atom stereocenters. The van der Waals surface area contributed by atoms with Crippen LogP contribution < -0.4 is 5.32 Å². The molecule has 2 atom stereocenters. The monoisotopic (exact) mass is 261 g/mol. The van der Waals surface area contributed by atoms with E-state index in [1.54, 1.807) is 7.11 Å². The minimum atomic E-state index is 0.339. The van der Waals surface area contributed by atoms with Crippen LogP contribution in [0.2, 0.25) is 0 Å². The van der Waals surface area contributed by atoms with Crippen molar-refractivity contribution >= 4 is 0 Å². The number of nitrogens with one attached hydrogen (secondary N) is 1. The molecule has 1 N–H and O–H groups in total. The van der Waals surface area contributed by atoms with Gasteiger partial charge in [-0.25, -0.2) is 0 Å². The molecule has 19 heavy (non-hydrogen) atoms. The first-order valence-corrected chi connectivity index (χ1v) is 7.54. The molecule has 1 aliphatic carbocycles. The van der Waals surface area contributed by atoms with E-state index in [9.17, 15) is 0 Å². The molecule has 2 rings (SSSR count). The molecule has 1 aliphatic rings. The summed E-state index contributed by atoms with van der Waals surface area (Å²) in [5, 5.41) is 3.44. The zero-order chi connectivity index (χ0) is 13.7. The molecule has 106 valence electrons. The smallest absolute Gasteiger partial charge is 0.0543 e. The maximum Gasteiger partial charge on any atom is 0.0543 e. The van der Waals surface area contributed by atoms with Gasteiger partial charge in [0, 0.05) is 13.2 Å².